The number of benzene rings is 12. The van der Waals surface area contributed by atoms with Crippen molar-refractivity contribution in [3.8, 4) is 55.6 Å². The Hall–Kier alpha value is -10.2. The van der Waals surface area contributed by atoms with Crippen molar-refractivity contribution in [2.45, 2.75) is 0 Å². The van der Waals surface area contributed by atoms with Crippen molar-refractivity contribution in [3.63, 3.8) is 0 Å². The quantitative estimate of drug-likeness (QED) is 0.129. The molecule has 4 nitrogen and oxygen atoms in total. The minimum absolute atomic E-state index is 0.905. The Bertz CT molecular complexity index is 4050. The Kier molecular flexibility index (Phi) is 11.2. The highest BCUT2D eigenvalue weighted by Gasteiger charge is 2.17. The molecule has 0 atom stereocenters. The largest absolute Gasteiger partial charge is 0.456 e. The van der Waals surface area contributed by atoms with Gasteiger partial charge in [-0.2, -0.15) is 0 Å². The van der Waals surface area contributed by atoms with E-state index in [-0.39, 0.29) is 0 Å². The molecule has 0 unspecified atom stereocenters. The zero-order valence-corrected chi connectivity index (χ0v) is 41.4. The van der Waals surface area contributed by atoms with Gasteiger partial charge in [0.15, 0.2) is 0 Å². The molecule has 14 rings (SSSR count). The van der Waals surface area contributed by atoms with Crippen LogP contribution in [0.3, 0.4) is 0 Å². The summed E-state index contributed by atoms with van der Waals surface area (Å²) in [4.78, 5) is 4.62. The van der Waals surface area contributed by atoms with E-state index < -0.39 is 0 Å². The second kappa shape index (κ2) is 19.0. The van der Waals surface area contributed by atoms with Crippen LogP contribution >= 0.6 is 0 Å². The van der Waals surface area contributed by atoms with Crippen LogP contribution in [-0.2, 0) is 0 Å². The van der Waals surface area contributed by atoms with Crippen molar-refractivity contribution in [3.05, 3.63) is 291 Å². The van der Waals surface area contributed by atoms with E-state index in [2.05, 4.69) is 277 Å². The summed E-state index contributed by atoms with van der Waals surface area (Å²) in [6, 6.07) is 104. The summed E-state index contributed by atoms with van der Waals surface area (Å²) in [5, 5.41) is 4.53. The second-order valence-corrected chi connectivity index (χ2v) is 19.3. The van der Waals surface area contributed by atoms with Crippen molar-refractivity contribution < 1.29 is 8.83 Å². The van der Waals surface area contributed by atoms with Gasteiger partial charge in [-0.3, -0.25) is 0 Å². The van der Waals surface area contributed by atoms with E-state index in [4.69, 9.17) is 8.83 Å². The molecule has 4 heteroatoms. The molecule has 0 spiro atoms. The Morgan fingerprint density at radius 3 is 0.711 bits per heavy atom. The lowest BCUT2D eigenvalue weighted by Crippen LogP contribution is -2.09. The fourth-order valence-corrected chi connectivity index (χ4v) is 10.8. The maximum absolute atomic E-state index is 6.10. The minimum atomic E-state index is 0.905. The molecular weight excluding hydrogens is 925 g/mol. The lowest BCUT2D eigenvalue weighted by atomic mass is 9.97. The van der Waals surface area contributed by atoms with Gasteiger partial charge in [-0.1, -0.05) is 182 Å². The third kappa shape index (κ3) is 8.34. The van der Waals surface area contributed by atoms with E-state index in [1.807, 2.05) is 24.3 Å². The fourth-order valence-electron chi connectivity index (χ4n) is 10.8. The molecule has 0 aliphatic rings. The standard InChI is InChI=1S/C72H48N2O2/c1-3-11-59(12-4-1)73(63-41-31-55(32-42-63)57-35-45-71-67(47-57)65-15-7-9-17-69(65)75-71)61-37-27-53(28-38-61)51-23-19-49(20-24-51)50-21-25-52(26-22-50)54-29-39-62(40-30-54)74(60-13-5-2-6-14-60)64-43-33-56(34-44-64)58-36-46-72-68(48-58)66-16-8-10-18-70(66)76-72/h1-48H. The average molecular weight is 973 g/mol. The van der Waals surface area contributed by atoms with Crippen LogP contribution in [-0.4, -0.2) is 0 Å². The minimum Gasteiger partial charge on any atom is -0.456 e. The third-order valence-corrected chi connectivity index (χ3v) is 14.7. The van der Waals surface area contributed by atoms with E-state index in [0.717, 1.165) is 100 Å². The summed E-state index contributed by atoms with van der Waals surface area (Å²) in [5.74, 6) is 0. The monoisotopic (exact) mass is 972 g/mol. The smallest absolute Gasteiger partial charge is 0.135 e. The lowest BCUT2D eigenvalue weighted by molar-refractivity contribution is 0.668. The molecule has 0 bridgehead atoms. The number of rotatable bonds is 11. The summed E-state index contributed by atoms with van der Waals surface area (Å²) in [5.41, 5.74) is 21.9. The molecule has 2 aromatic heterocycles. The SMILES string of the molecule is c1ccc(N(c2ccc(-c3ccc(-c4ccc(-c5ccc(N(c6ccccc6)c6ccc(-c7ccc8oc9ccccc9c8c7)cc6)cc5)cc4)cc3)cc2)c2ccc(-c3ccc4oc5ccccc5c4c3)cc2)cc1. The normalized spacial score (nSPS) is 11.4. The second-order valence-electron chi connectivity index (χ2n) is 19.3. The molecule has 0 saturated carbocycles. The Morgan fingerprint density at radius 1 is 0.171 bits per heavy atom. The molecular formula is C72H48N2O2. The van der Waals surface area contributed by atoms with Crippen LogP contribution in [0.15, 0.2) is 300 Å². The van der Waals surface area contributed by atoms with Crippen molar-refractivity contribution in [2.24, 2.45) is 0 Å². The van der Waals surface area contributed by atoms with Gasteiger partial charge in [-0.05, 0) is 165 Å². The number of hydrogen-bond acceptors (Lipinski definition) is 4. The first kappa shape index (κ1) is 44.5. The highest BCUT2D eigenvalue weighted by atomic mass is 16.3. The van der Waals surface area contributed by atoms with Crippen LogP contribution in [0.4, 0.5) is 34.1 Å². The van der Waals surface area contributed by atoms with E-state index >= 15 is 0 Å². The van der Waals surface area contributed by atoms with Gasteiger partial charge >= 0.3 is 0 Å². The van der Waals surface area contributed by atoms with Gasteiger partial charge in [0.1, 0.15) is 22.3 Å². The van der Waals surface area contributed by atoms with Crippen LogP contribution in [0.25, 0.3) is 99.5 Å². The molecule has 14 aromatic rings. The van der Waals surface area contributed by atoms with Crippen LogP contribution in [0.5, 0.6) is 0 Å². The summed E-state index contributed by atoms with van der Waals surface area (Å²) in [6.45, 7) is 0. The Balaban J connectivity index is 0.671. The Labute approximate surface area is 441 Å². The summed E-state index contributed by atoms with van der Waals surface area (Å²) in [7, 11) is 0. The number of hydrogen-bond donors (Lipinski definition) is 0. The number of nitrogens with zero attached hydrogens (tertiary/aromatic N) is 2. The number of anilines is 6. The van der Waals surface area contributed by atoms with E-state index in [1.54, 1.807) is 0 Å². The molecule has 12 aromatic carbocycles. The maximum atomic E-state index is 6.10. The number of fused-ring (bicyclic) bond motifs is 6. The molecule has 0 aliphatic heterocycles. The first-order chi connectivity index (χ1) is 37.6. The molecule has 2 heterocycles. The van der Waals surface area contributed by atoms with Gasteiger partial charge in [-0.25, -0.2) is 0 Å². The van der Waals surface area contributed by atoms with Crippen molar-refractivity contribution in [1.82, 2.24) is 0 Å². The zero-order valence-electron chi connectivity index (χ0n) is 41.4. The van der Waals surface area contributed by atoms with Crippen molar-refractivity contribution in [1.29, 1.82) is 0 Å². The first-order valence-corrected chi connectivity index (χ1v) is 25.8. The van der Waals surface area contributed by atoms with Gasteiger partial charge in [0, 0.05) is 55.7 Å². The highest BCUT2D eigenvalue weighted by Crippen LogP contribution is 2.41. The third-order valence-electron chi connectivity index (χ3n) is 14.7. The summed E-state index contributed by atoms with van der Waals surface area (Å²) >= 11 is 0. The Morgan fingerprint density at radius 2 is 0.395 bits per heavy atom. The number of para-hydroxylation sites is 4. The van der Waals surface area contributed by atoms with Gasteiger partial charge in [0.25, 0.3) is 0 Å². The van der Waals surface area contributed by atoms with Crippen LogP contribution in [0, 0.1) is 0 Å². The predicted octanol–water partition coefficient (Wildman–Crippen LogP) is 20.8. The topological polar surface area (TPSA) is 32.8 Å². The molecule has 0 N–H and O–H groups in total. The summed E-state index contributed by atoms with van der Waals surface area (Å²) in [6.07, 6.45) is 0. The van der Waals surface area contributed by atoms with Gasteiger partial charge in [-0.15, -0.1) is 0 Å². The molecule has 358 valence electrons. The molecule has 0 saturated heterocycles. The number of furan rings is 2. The fraction of sp³-hybridized carbons (Fsp3) is 0. The van der Waals surface area contributed by atoms with Crippen LogP contribution < -0.4 is 9.80 Å². The average Bonchev–Trinajstić information content (AvgIpc) is 4.09. The van der Waals surface area contributed by atoms with Crippen molar-refractivity contribution >= 4 is 78.0 Å². The first-order valence-electron chi connectivity index (χ1n) is 25.8. The van der Waals surface area contributed by atoms with Crippen LogP contribution in [0.2, 0.25) is 0 Å². The van der Waals surface area contributed by atoms with Crippen LogP contribution in [0.1, 0.15) is 0 Å². The maximum Gasteiger partial charge on any atom is 0.135 e. The zero-order chi connectivity index (χ0) is 50.4. The lowest BCUT2D eigenvalue weighted by Gasteiger charge is -2.26. The molecule has 0 amide bonds. The highest BCUT2D eigenvalue weighted by molar-refractivity contribution is 6.07. The van der Waals surface area contributed by atoms with E-state index in [9.17, 15) is 0 Å². The molecule has 0 aliphatic carbocycles. The van der Waals surface area contributed by atoms with Gasteiger partial charge < -0.3 is 18.6 Å². The predicted molar refractivity (Wildman–Crippen MR) is 318 cm³/mol. The van der Waals surface area contributed by atoms with Crippen molar-refractivity contribution in [2.75, 3.05) is 9.80 Å². The molecule has 76 heavy (non-hydrogen) atoms. The van der Waals surface area contributed by atoms with E-state index in [1.165, 1.54) is 33.4 Å². The summed E-state index contributed by atoms with van der Waals surface area (Å²) < 4.78 is 12.2. The van der Waals surface area contributed by atoms with Gasteiger partial charge in [0.2, 0.25) is 0 Å². The molecule has 0 radical (unpaired) electrons. The van der Waals surface area contributed by atoms with E-state index in [0.29, 0.717) is 0 Å². The van der Waals surface area contributed by atoms with Gasteiger partial charge in [0.05, 0.1) is 0 Å². The molecule has 0 fully saturated rings.